The average molecular weight is 492 g/mol. The van der Waals surface area contributed by atoms with Crippen molar-refractivity contribution in [1.82, 2.24) is 15.0 Å². The number of nitro groups is 1. The summed E-state index contributed by atoms with van der Waals surface area (Å²) in [5.74, 6) is 2.34. The van der Waals surface area contributed by atoms with Crippen LogP contribution in [0.1, 0.15) is 11.4 Å². The average Bonchev–Trinajstić information content (AvgIpc) is 2.80. The number of rotatable bonds is 8. The maximum absolute atomic E-state index is 12.6. The van der Waals surface area contributed by atoms with E-state index in [1.54, 1.807) is 43.5 Å². The number of aryl methyl sites for hydroxylation is 2. The van der Waals surface area contributed by atoms with Gasteiger partial charge in [-0.3, -0.25) is 14.8 Å². The zero-order valence-electron chi connectivity index (χ0n) is 18.8. The Bertz CT molecular complexity index is 1470. The number of aromatic nitrogens is 3. The third-order valence-electron chi connectivity index (χ3n) is 4.78. The predicted molar refractivity (Wildman–Crippen MR) is 133 cm³/mol. The van der Waals surface area contributed by atoms with Crippen molar-refractivity contribution in [2.45, 2.75) is 18.7 Å². The number of sulfonamides is 1. The summed E-state index contributed by atoms with van der Waals surface area (Å²) in [6.07, 6.45) is 1.71. The van der Waals surface area contributed by atoms with Crippen LogP contribution < -0.4 is 15.4 Å². The first-order chi connectivity index (χ1) is 16.7. The Morgan fingerprint density at radius 3 is 2.06 bits per heavy atom. The van der Waals surface area contributed by atoms with Gasteiger partial charge in [0.2, 0.25) is 0 Å². The van der Waals surface area contributed by atoms with E-state index in [1.165, 1.54) is 12.1 Å². The van der Waals surface area contributed by atoms with Crippen LogP contribution in [0.4, 0.5) is 34.5 Å². The molecular formula is C23H21N7O4S. The van der Waals surface area contributed by atoms with Gasteiger partial charge in [-0.2, -0.15) is 0 Å². The summed E-state index contributed by atoms with van der Waals surface area (Å²) in [5.41, 5.74) is 1.89. The zero-order valence-corrected chi connectivity index (χ0v) is 19.6. The molecule has 4 aromatic rings. The molecule has 0 radical (unpaired) electrons. The molecule has 178 valence electrons. The molecule has 11 nitrogen and oxygen atoms in total. The van der Waals surface area contributed by atoms with Crippen molar-refractivity contribution in [3.8, 4) is 0 Å². The number of hydrogen-bond acceptors (Lipinski definition) is 9. The minimum atomic E-state index is -3.90. The fraction of sp³-hybridized carbons (Fsp3) is 0.0870. The third-order valence-corrected chi connectivity index (χ3v) is 6.17. The van der Waals surface area contributed by atoms with Gasteiger partial charge in [0.25, 0.3) is 15.7 Å². The first-order valence-corrected chi connectivity index (χ1v) is 11.9. The van der Waals surface area contributed by atoms with E-state index in [2.05, 4.69) is 30.3 Å². The summed E-state index contributed by atoms with van der Waals surface area (Å²) in [7, 11) is -3.90. The molecule has 2 heterocycles. The highest BCUT2D eigenvalue weighted by Crippen LogP contribution is 2.23. The molecule has 0 saturated carbocycles. The topological polar surface area (TPSA) is 152 Å². The second-order valence-corrected chi connectivity index (χ2v) is 9.27. The van der Waals surface area contributed by atoms with Gasteiger partial charge < -0.3 is 10.6 Å². The summed E-state index contributed by atoms with van der Waals surface area (Å²) in [6.45, 7) is 3.75. The molecule has 2 aromatic heterocycles. The summed E-state index contributed by atoms with van der Waals surface area (Å²) in [5, 5.41) is 17.1. The molecular weight excluding hydrogens is 470 g/mol. The Morgan fingerprint density at radius 1 is 0.800 bits per heavy atom. The lowest BCUT2D eigenvalue weighted by Gasteiger charge is -2.11. The maximum Gasteiger partial charge on any atom is 0.269 e. The number of nitro benzene ring substituents is 1. The van der Waals surface area contributed by atoms with Gasteiger partial charge >= 0.3 is 0 Å². The summed E-state index contributed by atoms with van der Waals surface area (Å²) in [4.78, 5) is 23.1. The van der Waals surface area contributed by atoms with Crippen molar-refractivity contribution in [2.24, 2.45) is 0 Å². The summed E-state index contributed by atoms with van der Waals surface area (Å²) < 4.78 is 27.6. The molecule has 0 amide bonds. The molecule has 35 heavy (non-hydrogen) atoms. The number of anilines is 5. The molecule has 3 N–H and O–H groups in total. The fourth-order valence-electron chi connectivity index (χ4n) is 3.16. The highest BCUT2D eigenvalue weighted by Gasteiger charge is 2.16. The Balaban J connectivity index is 1.45. The van der Waals surface area contributed by atoms with Crippen LogP contribution in [0.15, 0.2) is 77.8 Å². The monoisotopic (exact) mass is 491 g/mol. The van der Waals surface area contributed by atoms with Gasteiger partial charge in [0.15, 0.2) is 0 Å². The lowest BCUT2D eigenvalue weighted by molar-refractivity contribution is -0.384. The number of benzene rings is 2. The fourth-order valence-corrected chi connectivity index (χ4v) is 4.22. The lowest BCUT2D eigenvalue weighted by atomic mass is 10.3. The van der Waals surface area contributed by atoms with E-state index in [0.717, 1.165) is 17.7 Å². The van der Waals surface area contributed by atoms with Crippen molar-refractivity contribution in [3.05, 3.63) is 94.4 Å². The molecule has 12 heteroatoms. The molecule has 0 spiro atoms. The molecule has 0 saturated heterocycles. The molecule has 4 rings (SSSR count). The van der Waals surface area contributed by atoms with Crippen LogP contribution in [0, 0.1) is 24.0 Å². The van der Waals surface area contributed by atoms with Crippen LogP contribution >= 0.6 is 0 Å². The predicted octanol–water partition coefficient (Wildman–Crippen LogP) is 4.68. The van der Waals surface area contributed by atoms with Crippen LogP contribution in [-0.4, -0.2) is 28.3 Å². The first-order valence-electron chi connectivity index (χ1n) is 10.4. The van der Waals surface area contributed by atoms with E-state index in [9.17, 15) is 18.5 Å². The minimum absolute atomic E-state index is 0.0788. The van der Waals surface area contributed by atoms with Crippen molar-refractivity contribution >= 4 is 44.5 Å². The quantitative estimate of drug-likeness (QED) is 0.235. The lowest BCUT2D eigenvalue weighted by Crippen LogP contribution is -2.12. The second kappa shape index (κ2) is 9.73. The van der Waals surface area contributed by atoms with Gasteiger partial charge in [-0.05, 0) is 67.9 Å². The van der Waals surface area contributed by atoms with Crippen molar-refractivity contribution in [2.75, 3.05) is 15.4 Å². The molecule has 2 aromatic carbocycles. The number of nitrogens with zero attached hydrogens (tertiary/aromatic N) is 4. The normalized spacial score (nSPS) is 11.0. The smallest absolute Gasteiger partial charge is 0.269 e. The molecule has 0 unspecified atom stereocenters. The minimum Gasteiger partial charge on any atom is -0.340 e. The highest BCUT2D eigenvalue weighted by atomic mass is 32.2. The van der Waals surface area contributed by atoms with E-state index < -0.39 is 14.9 Å². The third kappa shape index (κ3) is 6.06. The second-order valence-electron chi connectivity index (χ2n) is 7.59. The van der Waals surface area contributed by atoms with E-state index >= 15 is 0 Å². The SMILES string of the molecule is Cc1ccnc(Nc2cc(Nc3ccc(NS(=O)(=O)c4ccc([N+](=O)[O-])cc4)cc3)nc(C)n2)c1. The van der Waals surface area contributed by atoms with Crippen molar-refractivity contribution < 1.29 is 13.3 Å². The largest absolute Gasteiger partial charge is 0.340 e. The molecule has 0 aliphatic rings. The molecule has 0 aliphatic carbocycles. The van der Waals surface area contributed by atoms with E-state index in [4.69, 9.17) is 0 Å². The highest BCUT2D eigenvalue weighted by molar-refractivity contribution is 7.92. The van der Waals surface area contributed by atoms with Gasteiger partial charge in [0.05, 0.1) is 9.82 Å². The van der Waals surface area contributed by atoms with E-state index in [0.29, 0.717) is 34.7 Å². The van der Waals surface area contributed by atoms with Crippen LogP contribution in [-0.2, 0) is 10.0 Å². The summed E-state index contributed by atoms with van der Waals surface area (Å²) >= 11 is 0. The molecule has 0 atom stereocenters. The van der Waals surface area contributed by atoms with Crippen molar-refractivity contribution in [1.29, 1.82) is 0 Å². The number of nitrogens with one attached hydrogen (secondary N) is 3. The van der Waals surface area contributed by atoms with Crippen molar-refractivity contribution in [3.63, 3.8) is 0 Å². The van der Waals surface area contributed by atoms with Gasteiger partial charge in [-0.15, -0.1) is 0 Å². The van der Waals surface area contributed by atoms with Crippen LogP contribution in [0.5, 0.6) is 0 Å². The Labute approximate surface area is 201 Å². The molecule has 0 bridgehead atoms. The number of hydrogen-bond donors (Lipinski definition) is 3. The Hall–Kier alpha value is -4.58. The number of non-ortho nitro benzene ring substituents is 1. The van der Waals surface area contributed by atoms with Gasteiger partial charge in [0.1, 0.15) is 23.3 Å². The number of pyridine rings is 1. The van der Waals surface area contributed by atoms with E-state index in [1.807, 2.05) is 19.1 Å². The first kappa shape index (κ1) is 23.6. The Morgan fingerprint density at radius 2 is 1.43 bits per heavy atom. The Kier molecular flexibility index (Phi) is 6.55. The van der Waals surface area contributed by atoms with Gasteiger partial charge in [-0.25, -0.2) is 23.4 Å². The van der Waals surface area contributed by atoms with Gasteiger partial charge in [-0.1, -0.05) is 0 Å². The maximum atomic E-state index is 12.6. The summed E-state index contributed by atoms with van der Waals surface area (Å²) in [6, 6.07) is 16.8. The molecule has 0 fully saturated rings. The van der Waals surface area contributed by atoms with E-state index in [-0.39, 0.29) is 10.6 Å². The van der Waals surface area contributed by atoms with Crippen LogP contribution in [0.3, 0.4) is 0 Å². The van der Waals surface area contributed by atoms with Crippen LogP contribution in [0.2, 0.25) is 0 Å². The van der Waals surface area contributed by atoms with Gasteiger partial charge in [0, 0.05) is 35.8 Å². The van der Waals surface area contributed by atoms with Crippen LogP contribution in [0.25, 0.3) is 0 Å². The standard InChI is InChI=1S/C23H21N7O4S/c1-15-11-12-24-21(13-15)28-23-14-22(25-16(2)26-23)27-17-3-5-18(6-4-17)29-35(33,34)20-9-7-19(8-10-20)30(31)32/h3-14,29H,1-2H3,(H2,24,25,26,27,28). The molecule has 0 aliphatic heterocycles. The zero-order chi connectivity index (χ0) is 25.0.